The average Bonchev–Trinajstić information content (AvgIpc) is 1.60. The van der Waals surface area contributed by atoms with Gasteiger partial charge in [-0.05, 0) is 102 Å². The van der Waals surface area contributed by atoms with E-state index < -0.39 is 213 Å². The molecule has 0 bridgehead atoms. The van der Waals surface area contributed by atoms with Crippen LogP contribution in [-0.4, -0.2) is 0 Å². The van der Waals surface area contributed by atoms with Gasteiger partial charge in [-0.3, -0.25) is 0 Å². The highest BCUT2D eigenvalue weighted by molar-refractivity contribution is 6.02. The summed E-state index contributed by atoms with van der Waals surface area (Å²) in [6.45, 7) is 3.06. The molecule has 2 aliphatic rings. The van der Waals surface area contributed by atoms with E-state index in [1.54, 1.807) is 0 Å². The molecule has 0 atom stereocenters. The molecule has 9 aromatic carbocycles. The Morgan fingerprint density at radius 3 is 1.84 bits per heavy atom. The van der Waals surface area contributed by atoms with Gasteiger partial charge in [0, 0.05) is 22.4 Å². The van der Waals surface area contributed by atoms with Gasteiger partial charge in [-0.1, -0.05) is 195 Å². The molecule has 57 heavy (non-hydrogen) atoms. The van der Waals surface area contributed by atoms with Crippen LogP contribution in [0.4, 0.5) is 17.1 Å². The molecule has 270 valence electrons. The summed E-state index contributed by atoms with van der Waals surface area (Å²) < 4.78 is 259. The summed E-state index contributed by atoms with van der Waals surface area (Å²) in [5, 5.41) is -1.33. The van der Waals surface area contributed by atoms with Crippen molar-refractivity contribution in [1.29, 1.82) is 0 Å². The van der Waals surface area contributed by atoms with Gasteiger partial charge < -0.3 is 4.90 Å². The molecule has 0 unspecified atom stereocenters. The number of para-hydroxylation sites is 1. The predicted molar refractivity (Wildman–Crippen MR) is 239 cm³/mol. The molecule has 0 aliphatic heterocycles. The summed E-state index contributed by atoms with van der Waals surface area (Å²) in [4.78, 5) is 0.835. The fourth-order valence-electron chi connectivity index (χ4n) is 8.19. The van der Waals surface area contributed by atoms with Crippen molar-refractivity contribution in [2.24, 2.45) is 0 Å². The van der Waals surface area contributed by atoms with Crippen molar-refractivity contribution in [2.45, 2.75) is 24.7 Å². The zero-order valence-corrected chi connectivity index (χ0v) is 30.0. The lowest BCUT2D eigenvalue weighted by Crippen LogP contribution is -2.28. The summed E-state index contributed by atoms with van der Waals surface area (Å²) in [5.41, 5.74) is -9.99. The van der Waals surface area contributed by atoms with Gasteiger partial charge >= 0.3 is 0 Å². The molecule has 11 rings (SSSR count). The van der Waals surface area contributed by atoms with Crippen molar-refractivity contribution >= 4 is 27.8 Å². The van der Waals surface area contributed by atoms with Gasteiger partial charge in [0.15, 0.2) is 0 Å². The normalized spacial score (nSPS) is 20.9. The van der Waals surface area contributed by atoms with E-state index in [1.807, 2.05) is 0 Å². The van der Waals surface area contributed by atoms with Crippen LogP contribution in [-0.2, 0) is 10.8 Å². The minimum absolute atomic E-state index is 0.0150. The van der Waals surface area contributed by atoms with Gasteiger partial charge in [0.05, 0.1) is 49.5 Å². The molecule has 0 amide bonds. The Balaban J connectivity index is 1.43. The predicted octanol–water partition coefficient (Wildman–Crippen LogP) is 14.6. The van der Waals surface area contributed by atoms with Crippen molar-refractivity contribution in [3.8, 4) is 33.4 Å². The van der Waals surface area contributed by atoms with Crippen molar-refractivity contribution < 1.29 is 38.4 Å². The highest BCUT2D eigenvalue weighted by Crippen LogP contribution is 2.58. The molecule has 0 spiro atoms. The maximum atomic E-state index is 10.4. The van der Waals surface area contributed by atoms with E-state index >= 15 is 0 Å². The highest BCUT2D eigenvalue weighted by Gasteiger charge is 2.46. The van der Waals surface area contributed by atoms with Crippen molar-refractivity contribution in [2.75, 3.05) is 4.90 Å². The largest absolute Gasteiger partial charge is 0.310 e. The summed E-state index contributed by atoms with van der Waals surface area (Å²) in [6.07, 6.45) is 0. The van der Waals surface area contributed by atoms with Crippen LogP contribution in [0.3, 0.4) is 0 Å². The van der Waals surface area contributed by atoms with E-state index in [-0.39, 0.29) is 61.7 Å². The Labute approximate surface area is 374 Å². The fraction of sp³-hybridized carbons (Fsp3) is 0.0714. The molecule has 0 N–H and O–H groups in total. The molecule has 0 saturated heterocycles. The van der Waals surface area contributed by atoms with Gasteiger partial charge in [0.1, 0.15) is 0 Å². The highest BCUT2D eigenvalue weighted by atomic mass is 15.1. The lowest BCUT2D eigenvalue weighted by molar-refractivity contribution is 0.660. The molecular weight excluding hydrogens is 687 g/mol. The van der Waals surface area contributed by atoms with Gasteiger partial charge in [0.25, 0.3) is 0 Å². The average molecular weight is 756 g/mol. The first-order valence-electron chi connectivity index (χ1n) is 31.7. The summed E-state index contributed by atoms with van der Waals surface area (Å²) >= 11 is 0. The maximum Gasteiger partial charge on any atom is 0.0714 e. The van der Waals surface area contributed by atoms with E-state index in [2.05, 4.69) is 0 Å². The molecule has 1 nitrogen and oxygen atoms in total. The maximum absolute atomic E-state index is 10.4. The Morgan fingerprint density at radius 2 is 1.04 bits per heavy atom. The number of hydrogen-bond acceptors (Lipinski definition) is 1. The van der Waals surface area contributed by atoms with E-state index in [0.717, 1.165) is 41.3 Å². The number of nitrogens with zero attached hydrogens (tertiary/aromatic N) is 1. The van der Waals surface area contributed by atoms with Crippen LogP contribution in [0.2, 0.25) is 0 Å². The molecule has 9 aromatic rings. The van der Waals surface area contributed by atoms with Gasteiger partial charge in [0.2, 0.25) is 0 Å². The summed E-state index contributed by atoms with van der Waals surface area (Å²) in [7, 11) is 0. The zero-order chi connectivity index (χ0) is 62.5. The molecular formula is C56H41N. The minimum Gasteiger partial charge on any atom is -0.310 e. The number of hydrogen-bond donors (Lipinski definition) is 0. The van der Waals surface area contributed by atoms with Crippen molar-refractivity contribution in [3.63, 3.8) is 0 Å². The number of benzene rings is 9. The molecule has 0 heterocycles. The van der Waals surface area contributed by atoms with Gasteiger partial charge in [-0.15, -0.1) is 0 Å². The van der Waals surface area contributed by atoms with Crippen LogP contribution in [0.25, 0.3) is 44.2 Å². The molecule has 1 heteroatoms. The van der Waals surface area contributed by atoms with Crippen molar-refractivity contribution in [3.05, 3.63) is 245 Å². The lowest BCUT2D eigenvalue weighted by atomic mass is 9.67. The fourth-order valence-corrected chi connectivity index (χ4v) is 8.19. The second-order valence-corrected chi connectivity index (χ2v) is 13.9. The van der Waals surface area contributed by atoms with Crippen molar-refractivity contribution in [1.82, 2.24) is 0 Å². The van der Waals surface area contributed by atoms with Crippen LogP contribution < -0.4 is 4.90 Å². The summed E-state index contributed by atoms with van der Waals surface area (Å²) in [6, 6.07) is -14.0. The third kappa shape index (κ3) is 4.89. The second-order valence-electron chi connectivity index (χ2n) is 13.9. The number of anilines is 3. The van der Waals surface area contributed by atoms with E-state index in [4.69, 9.17) is 23.3 Å². The Morgan fingerprint density at radius 1 is 0.421 bits per heavy atom. The Kier molecular flexibility index (Phi) is 3.49. The summed E-state index contributed by atoms with van der Waals surface area (Å²) in [5.74, 6) is 0. The van der Waals surface area contributed by atoms with Crippen LogP contribution in [0.15, 0.2) is 212 Å². The number of fused-ring (bicyclic) bond motifs is 7. The molecule has 2 aliphatic carbocycles. The van der Waals surface area contributed by atoms with Gasteiger partial charge in [-0.25, -0.2) is 0 Å². The third-order valence-electron chi connectivity index (χ3n) is 10.7. The van der Waals surface area contributed by atoms with Crippen LogP contribution in [0, 0.1) is 0 Å². The Bertz CT molecular complexity index is 4510. The molecule has 0 fully saturated rings. The van der Waals surface area contributed by atoms with E-state index in [9.17, 15) is 15.1 Å². The first-order valence-corrected chi connectivity index (χ1v) is 17.7. The second kappa shape index (κ2) is 12.8. The first kappa shape index (κ1) is 15.5. The molecule has 0 radical (unpaired) electrons. The van der Waals surface area contributed by atoms with Crippen LogP contribution in [0.5, 0.6) is 0 Å². The lowest BCUT2D eigenvalue weighted by Gasteiger charge is -2.35. The number of rotatable bonds is 6. The molecule has 0 aromatic heterocycles. The molecule has 0 saturated carbocycles. The first-order chi connectivity index (χ1) is 39.6. The standard InChI is InChI=1S/C56H41N/c1-55(2)50-29-14-11-25-45(50)47-34-32-41(36-52(47)55)57(54-31-16-13-27-49(54)44-28-17-19-38-18-9-10-24-43(38)44)42-33-35-48-46-26-12-15-30-51(46)56(53(48)37-42,39-20-5-3-6-21-39)40-22-7-4-8-23-40/h3-37H,1-2H3/i3D,4D,5D,6D,7D,8D,9D,10D,12D,13D,14D,15D,16D,17D,18D,19D,24D,25D,26D,27D,28D,29D,30D,31D,32D,34D,35D,36D. The van der Waals surface area contributed by atoms with E-state index in [1.165, 1.54) is 19.9 Å². The SMILES string of the molecule is [2H]c1cc(C2(c3cc([2H])c([2H])c([2H])c3)c3cc(N(c4c([2H])c([2H])c5c(c4[2H])C(C)(C)c4c([2H])c([2H])cc([2H])c4-5)c4c([2H])c([2H])c([2H])c([2H])c4-c4c([2H])c([2H])c([2H])c5c([2H])c([2H])c([2H])c([2H])c45)cc([2H])c3-c3c([2H])c([2H])c([2H])c([2H])c32)cc([2H])c1[2H]. The topological polar surface area (TPSA) is 3.24 Å². The monoisotopic (exact) mass is 755 g/mol. The van der Waals surface area contributed by atoms with Crippen LogP contribution >= 0.6 is 0 Å². The van der Waals surface area contributed by atoms with E-state index in [0.29, 0.717) is 0 Å². The quantitative estimate of drug-likeness (QED) is 0.163. The minimum atomic E-state index is -2.44. The van der Waals surface area contributed by atoms with Crippen LogP contribution in [0.1, 0.15) is 85.6 Å². The van der Waals surface area contributed by atoms with Gasteiger partial charge in [-0.2, -0.15) is 0 Å². The Hall–Kier alpha value is -6.96. The zero-order valence-electron chi connectivity index (χ0n) is 58.0. The smallest absolute Gasteiger partial charge is 0.0714 e. The third-order valence-corrected chi connectivity index (χ3v) is 10.7.